The van der Waals surface area contributed by atoms with Crippen LogP contribution in [0.15, 0.2) is 54.6 Å². The number of aliphatic carboxylic acids is 1. The van der Waals surface area contributed by atoms with Crippen LogP contribution < -0.4 is 4.74 Å². The third kappa shape index (κ3) is 4.35. The van der Waals surface area contributed by atoms with Crippen molar-refractivity contribution in [1.82, 2.24) is 4.90 Å². The van der Waals surface area contributed by atoms with Crippen LogP contribution in [0.25, 0.3) is 0 Å². The topological polar surface area (TPSA) is 66.8 Å². The molecule has 2 aromatic rings. The average molecular weight is 381 g/mol. The number of benzene rings is 2. The second-order valence-corrected chi connectivity index (χ2v) is 7.34. The first kappa shape index (κ1) is 19.9. The average Bonchev–Trinajstić information content (AvgIpc) is 3.19. The Morgan fingerprint density at radius 3 is 2.36 bits per heavy atom. The van der Waals surface area contributed by atoms with Crippen molar-refractivity contribution in [2.45, 2.75) is 31.6 Å². The summed E-state index contributed by atoms with van der Waals surface area (Å²) in [6, 6.07) is 17.4. The maximum Gasteiger partial charge on any atom is 0.308 e. The summed E-state index contributed by atoms with van der Waals surface area (Å²) in [5.74, 6) is -0.647. The van der Waals surface area contributed by atoms with E-state index in [1.54, 1.807) is 12.0 Å². The lowest BCUT2D eigenvalue weighted by molar-refractivity contribution is -0.141. The van der Waals surface area contributed by atoms with Crippen molar-refractivity contribution >= 4 is 11.9 Å². The SMILES string of the molecule is CCC(CC(=O)N1C[C@H](C(=O)O)[C@H](c2ccccc2)C1)c1ccc(OC)cc1. The Morgan fingerprint density at radius 1 is 1.11 bits per heavy atom. The van der Waals surface area contributed by atoms with Crippen molar-refractivity contribution in [2.75, 3.05) is 20.2 Å². The van der Waals surface area contributed by atoms with Crippen LogP contribution in [-0.2, 0) is 9.59 Å². The third-order valence-corrected chi connectivity index (χ3v) is 5.72. The molecule has 1 amide bonds. The van der Waals surface area contributed by atoms with Crippen molar-refractivity contribution in [3.8, 4) is 5.75 Å². The summed E-state index contributed by atoms with van der Waals surface area (Å²) in [4.78, 5) is 26.5. The minimum absolute atomic E-state index is 0.0207. The molecule has 0 saturated carbocycles. The van der Waals surface area contributed by atoms with Crippen LogP contribution in [0.5, 0.6) is 5.75 Å². The molecule has 0 spiro atoms. The Kier molecular flexibility index (Phi) is 6.34. The second-order valence-electron chi connectivity index (χ2n) is 7.34. The van der Waals surface area contributed by atoms with E-state index in [2.05, 4.69) is 6.92 Å². The molecule has 1 saturated heterocycles. The quantitative estimate of drug-likeness (QED) is 0.790. The molecule has 148 valence electrons. The summed E-state index contributed by atoms with van der Waals surface area (Å²) < 4.78 is 5.20. The zero-order valence-electron chi connectivity index (χ0n) is 16.4. The van der Waals surface area contributed by atoms with Gasteiger partial charge in [-0.05, 0) is 35.6 Å². The van der Waals surface area contributed by atoms with Gasteiger partial charge in [0.2, 0.25) is 5.91 Å². The number of methoxy groups -OCH3 is 1. The lowest BCUT2D eigenvalue weighted by atomic mass is 9.89. The van der Waals surface area contributed by atoms with E-state index in [0.717, 1.165) is 23.3 Å². The van der Waals surface area contributed by atoms with E-state index in [1.807, 2.05) is 54.6 Å². The number of hydrogen-bond acceptors (Lipinski definition) is 3. The molecule has 1 fully saturated rings. The number of rotatable bonds is 7. The fraction of sp³-hybridized carbons (Fsp3) is 0.391. The minimum Gasteiger partial charge on any atom is -0.497 e. The largest absolute Gasteiger partial charge is 0.497 e. The van der Waals surface area contributed by atoms with E-state index in [1.165, 1.54) is 0 Å². The van der Waals surface area contributed by atoms with E-state index in [4.69, 9.17) is 4.74 Å². The van der Waals surface area contributed by atoms with E-state index in [0.29, 0.717) is 13.0 Å². The van der Waals surface area contributed by atoms with Crippen LogP contribution in [0, 0.1) is 5.92 Å². The van der Waals surface area contributed by atoms with Crippen molar-refractivity contribution in [2.24, 2.45) is 5.92 Å². The third-order valence-electron chi connectivity index (χ3n) is 5.72. The lowest BCUT2D eigenvalue weighted by Crippen LogP contribution is -2.31. The van der Waals surface area contributed by atoms with Gasteiger partial charge >= 0.3 is 5.97 Å². The van der Waals surface area contributed by atoms with Gasteiger partial charge in [0.05, 0.1) is 13.0 Å². The van der Waals surface area contributed by atoms with Gasteiger partial charge in [-0.25, -0.2) is 0 Å². The van der Waals surface area contributed by atoms with Crippen LogP contribution in [-0.4, -0.2) is 42.1 Å². The molecule has 2 aromatic carbocycles. The monoisotopic (exact) mass is 381 g/mol. The Morgan fingerprint density at radius 2 is 1.79 bits per heavy atom. The van der Waals surface area contributed by atoms with Crippen molar-refractivity contribution in [3.05, 3.63) is 65.7 Å². The molecule has 1 aliphatic heterocycles. The highest BCUT2D eigenvalue weighted by Crippen LogP contribution is 2.34. The van der Waals surface area contributed by atoms with Crippen molar-refractivity contribution < 1.29 is 19.4 Å². The summed E-state index contributed by atoms with van der Waals surface area (Å²) in [7, 11) is 1.63. The van der Waals surface area contributed by atoms with Crippen molar-refractivity contribution in [3.63, 3.8) is 0 Å². The summed E-state index contributed by atoms with van der Waals surface area (Å²) in [6.07, 6.45) is 1.23. The Balaban J connectivity index is 1.71. The number of nitrogens with zero attached hydrogens (tertiary/aromatic N) is 1. The number of likely N-dealkylation sites (tertiary alicyclic amines) is 1. The maximum absolute atomic E-state index is 13.0. The molecule has 5 heteroatoms. The normalized spacial score (nSPS) is 20.0. The zero-order chi connectivity index (χ0) is 20.1. The molecular weight excluding hydrogens is 354 g/mol. The molecule has 5 nitrogen and oxygen atoms in total. The van der Waals surface area contributed by atoms with E-state index in [-0.39, 0.29) is 24.3 Å². The highest BCUT2D eigenvalue weighted by atomic mass is 16.5. The summed E-state index contributed by atoms with van der Waals surface area (Å²) in [6.45, 7) is 2.80. The van der Waals surface area contributed by atoms with Crippen molar-refractivity contribution in [1.29, 1.82) is 0 Å². The molecule has 0 aromatic heterocycles. The van der Waals surface area contributed by atoms with Gasteiger partial charge in [-0.3, -0.25) is 9.59 Å². The minimum atomic E-state index is -0.841. The second kappa shape index (κ2) is 8.91. The Bertz CT molecular complexity index is 803. The maximum atomic E-state index is 13.0. The van der Waals surface area contributed by atoms with Gasteiger partial charge in [-0.15, -0.1) is 0 Å². The molecule has 1 N–H and O–H groups in total. The van der Waals surface area contributed by atoms with Gasteiger partial charge in [0, 0.05) is 25.4 Å². The number of hydrogen-bond donors (Lipinski definition) is 1. The van der Waals surface area contributed by atoms with Gasteiger partial charge in [0.1, 0.15) is 5.75 Å². The first-order valence-corrected chi connectivity index (χ1v) is 9.73. The molecule has 1 unspecified atom stereocenters. The van der Waals surface area contributed by atoms with E-state index in [9.17, 15) is 14.7 Å². The van der Waals surface area contributed by atoms with Crippen LogP contribution in [0.3, 0.4) is 0 Å². The molecule has 3 atom stereocenters. The fourth-order valence-corrected chi connectivity index (χ4v) is 4.01. The van der Waals surface area contributed by atoms with E-state index < -0.39 is 11.9 Å². The highest BCUT2D eigenvalue weighted by molar-refractivity contribution is 5.80. The predicted octanol–water partition coefficient (Wildman–Crippen LogP) is 3.91. The van der Waals surface area contributed by atoms with Crippen LogP contribution in [0.4, 0.5) is 0 Å². The Labute approximate surface area is 165 Å². The standard InChI is InChI=1S/C23H27NO4/c1-3-16(17-9-11-19(28-2)12-10-17)13-22(25)24-14-20(21(15-24)23(26)27)18-7-5-4-6-8-18/h4-12,16,20-21H,3,13-15H2,1-2H3,(H,26,27)/t16?,20-,21-/m0/s1. The van der Waals surface area contributed by atoms with Crippen LogP contribution in [0.2, 0.25) is 0 Å². The first-order valence-electron chi connectivity index (χ1n) is 9.73. The molecular formula is C23H27NO4. The number of amides is 1. The summed E-state index contributed by atoms with van der Waals surface area (Å²) >= 11 is 0. The highest BCUT2D eigenvalue weighted by Gasteiger charge is 2.40. The number of carbonyl (C=O) groups excluding carboxylic acids is 1. The summed E-state index contributed by atoms with van der Waals surface area (Å²) in [5.41, 5.74) is 2.08. The number of carbonyl (C=O) groups is 2. The Hall–Kier alpha value is -2.82. The molecule has 28 heavy (non-hydrogen) atoms. The number of carboxylic acid groups (broad SMARTS) is 1. The predicted molar refractivity (Wildman–Crippen MR) is 108 cm³/mol. The molecule has 0 radical (unpaired) electrons. The van der Waals surface area contributed by atoms with Gasteiger partial charge in [-0.2, -0.15) is 0 Å². The zero-order valence-corrected chi connectivity index (χ0v) is 16.4. The number of carboxylic acids is 1. The van der Waals surface area contributed by atoms with Crippen LogP contribution >= 0.6 is 0 Å². The molecule has 0 aliphatic carbocycles. The van der Waals surface area contributed by atoms with E-state index >= 15 is 0 Å². The molecule has 3 rings (SSSR count). The lowest BCUT2D eigenvalue weighted by Gasteiger charge is -2.21. The fourth-order valence-electron chi connectivity index (χ4n) is 4.01. The summed E-state index contributed by atoms with van der Waals surface area (Å²) in [5, 5.41) is 9.65. The van der Waals surface area contributed by atoms with Gasteiger partial charge in [0.15, 0.2) is 0 Å². The number of ether oxygens (including phenoxy) is 1. The van der Waals surface area contributed by atoms with Gasteiger partial charge in [0.25, 0.3) is 0 Å². The molecule has 1 aliphatic rings. The van der Waals surface area contributed by atoms with Gasteiger partial charge < -0.3 is 14.7 Å². The first-order chi connectivity index (χ1) is 13.5. The smallest absolute Gasteiger partial charge is 0.308 e. The molecule has 0 bridgehead atoms. The van der Waals surface area contributed by atoms with Crippen LogP contribution in [0.1, 0.15) is 42.7 Å². The molecule has 1 heterocycles. The van der Waals surface area contributed by atoms with Gasteiger partial charge in [-0.1, -0.05) is 49.4 Å².